The fraction of sp³-hybridized carbons (Fsp3) is 0.238. The average Bonchev–Trinajstić information content (AvgIpc) is 3.42. The fourth-order valence-corrected chi connectivity index (χ4v) is 4.84. The van der Waals surface area contributed by atoms with Crippen molar-refractivity contribution in [2.75, 3.05) is 20.4 Å². The normalized spacial score (nSPS) is 30.7. The largest absolute Gasteiger partial charge is 0.465 e. The molecular weight excluding hydrogens is 348 g/mol. The van der Waals surface area contributed by atoms with E-state index in [9.17, 15) is 0 Å². The molecule has 3 aromatic carbocycles. The van der Waals surface area contributed by atoms with Crippen molar-refractivity contribution in [2.24, 2.45) is 0 Å². The summed E-state index contributed by atoms with van der Waals surface area (Å²) in [5.41, 5.74) is 0. The van der Waals surface area contributed by atoms with E-state index in [4.69, 9.17) is 28.4 Å². The summed E-state index contributed by atoms with van der Waals surface area (Å²) in [6.07, 6.45) is 0. The van der Waals surface area contributed by atoms with E-state index in [0.717, 1.165) is 32.0 Å². The Labute approximate surface area is 153 Å². The molecule has 0 amide bonds. The molecule has 0 N–H and O–H groups in total. The molecule has 0 saturated carbocycles. The highest BCUT2D eigenvalue weighted by atomic mass is 16.9. The number of rotatable bonds is 0. The van der Waals surface area contributed by atoms with Gasteiger partial charge in [-0.2, -0.15) is 0 Å². The third-order valence-corrected chi connectivity index (χ3v) is 5.87. The first kappa shape index (κ1) is 14.4. The molecule has 27 heavy (non-hydrogen) atoms. The molecule has 0 aromatic heterocycles. The molecule has 3 heterocycles. The first-order chi connectivity index (χ1) is 13.4. The number of ether oxygens (including phenoxy) is 6. The minimum absolute atomic E-state index is 0.0313. The van der Waals surface area contributed by atoms with Gasteiger partial charge in [0.2, 0.25) is 0 Å². The Bertz CT molecular complexity index is 1170. The predicted octanol–water partition coefficient (Wildman–Crippen LogP) is 1.63. The van der Waals surface area contributed by atoms with Crippen LogP contribution in [0, 0.1) is 0 Å². The number of benzene rings is 3. The zero-order valence-electron chi connectivity index (χ0n) is 14.2. The van der Waals surface area contributed by atoms with Crippen LogP contribution in [0.2, 0.25) is 0 Å². The van der Waals surface area contributed by atoms with Crippen LogP contribution in [-0.2, 0) is 28.4 Å². The lowest BCUT2D eigenvalue weighted by molar-refractivity contribution is -0.253. The van der Waals surface area contributed by atoms with Gasteiger partial charge in [-0.05, 0) is 21.5 Å². The molecule has 6 nitrogen and oxygen atoms in total. The van der Waals surface area contributed by atoms with Gasteiger partial charge in [-0.3, -0.25) is 0 Å². The molecule has 6 heteroatoms. The lowest BCUT2D eigenvalue weighted by Crippen LogP contribution is -2.60. The van der Waals surface area contributed by atoms with Crippen LogP contribution in [0.4, 0.5) is 0 Å². The molecule has 3 saturated heterocycles. The lowest BCUT2D eigenvalue weighted by Gasteiger charge is -2.35. The number of fused-ring (bicyclic) bond motifs is 6. The molecule has 7 rings (SSSR count). The molecule has 134 valence electrons. The van der Waals surface area contributed by atoms with Crippen LogP contribution in [0.25, 0.3) is 33.1 Å². The molecule has 2 spiro atoms. The van der Waals surface area contributed by atoms with Gasteiger partial charge in [0.1, 0.15) is 0 Å². The van der Waals surface area contributed by atoms with Gasteiger partial charge in [0.05, 0.1) is 0 Å². The van der Waals surface area contributed by atoms with E-state index in [1.807, 2.05) is 24.3 Å². The molecule has 0 bridgehead atoms. The minimum Gasteiger partial charge on any atom is -0.465 e. The molecule has 1 aliphatic carbocycles. The molecule has 2 atom stereocenters. The standard InChI is InChI=1S/C21H14O6/c1-3-7-14-12(5-1)13-6-2-4-8-15(13)17-16(14)18-20(24-9-22-18)21(27-11-26-20)19(17)23-10-25-21/h1-8H,9-11H2. The van der Waals surface area contributed by atoms with Gasteiger partial charge in [0.15, 0.2) is 31.9 Å². The highest BCUT2D eigenvalue weighted by molar-refractivity contribution is 6.09. The van der Waals surface area contributed by atoms with Crippen LogP contribution >= 0.6 is 0 Å². The van der Waals surface area contributed by atoms with Crippen molar-refractivity contribution in [2.45, 2.75) is 11.6 Å². The van der Waals surface area contributed by atoms with E-state index >= 15 is 0 Å². The van der Waals surface area contributed by atoms with Crippen molar-refractivity contribution in [3.05, 3.63) is 59.0 Å². The van der Waals surface area contributed by atoms with E-state index in [-0.39, 0.29) is 20.4 Å². The monoisotopic (exact) mass is 362 g/mol. The van der Waals surface area contributed by atoms with Gasteiger partial charge in [0, 0.05) is 10.4 Å². The van der Waals surface area contributed by atoms with Crippen molar-refractivity contribution in [3.8, 4) is 0 Å². The second-order valence-corrected chi connectivity index (χ2v) is 6.95. The summed E-state index contributed by atoms with van der Waals surface area (Å²) >= 11 is 0. The number of hydrogen-bond donors (Lipinski definition) is 0. The van der Waals surface area contributed by atoms with E-state index in [1.54, 1.807) is 0 Å². The summed E-state index contributed by atoms with van der Waals surface area (Å²) in [7, 11) is 0. The quantitative estimate of drug-likeness (QED) is 0.567. The summed E-state index contributed by atoms with van der Waals surface area (Å²) in [6.45, 7) is 0.166. The summed E-state index contributed by atoms with van der Waals surface area (Å²) in [5.74, 6) is -1.38. The van der Waals surface area contributed by atoms with Crippen LogP contribution < -0.4 is 10.4 Å². The maximum Gasteiger partial charge on any atom is 0.297 e. The Hall–Kier alpha value is -2.64. The zero-order chi connectivity index (χ0) is 17.6. The van der Waals surface area contributed by atoms with Crippen molar-refractivity contribution in [1.82, 2.24) is 0 Å². The minimum atomic E-state index is -1.28. The van der Waals surface area contributed by atoms with Gasteiger partial charge in [-0.15, -0.1) is 0 Å². The predicted molar refractivity (Wildman–Crippen MR) is 94.1 cm³/mol. The maximum atomic E-state index is 5.99. The van der Waals surface area contributed by atoms with Crippen molar-refractivity contribution in [3.63, 3.8) is 0 Å². The highest BCUT2D eigenvalue weighted by Gasteiger charge is 2.74. The van der Waals surface area contributed by atoms with Crippen molar-refractivity contribution < 1.29 is 28.4 Å². The topological polar surface area (TPSA) is 55.4 Å². The third kappa shape index (κ3) is 1.43. The van der Waals surface area contributed by atoms with Crippen LogP contribution in [-0.4, -0.2) is 32.0 Å². The Balaban J connectivity index is 1.88. The Kier molecular flexibility index (Phi) is 2.46. The second kappa shape index (κ2) is 4.61. The van der Waals surface area contributed by atoms with E-state index in [2.05, 4.69) is 24.3 Å². The first-order valence-corrected chi connectivity index (χ1v) is 8.86. The van der Waals surface area contributed by atoms with Crippen LogP contribution in [0.3, 0.4) is 0 Å². The zero-order valence-corrected chi connectivity index (χ0v) is 14.2. The Morgan fingerprint density at radius 3 is 1.41 bits per heavy atom. The van der Waals surface area contributed by atoms with Crippen LogP contribution in [0.5, 0.6) is 0 Å². The SMILES string of the molecule is c1ccc2c(c1)c1c(c3ccccc32)=C2OCOC23OCOC32OCOC=12. The molecule has 3 aromatic rings. The molecule has 2 unspecified atom stereocenters. The molecule has 4 aliphatic rings. The van der Waals surface area contributed by atoms with Crippen LogP contribution in [0.15, 0.2) is 48.5 Å². The van der Waals surface area contributed by atoms with Crippen molar-refractivity contribution in [1.29, 1.82) is 0 Å². The summed E-state index contributed by atoms with van der Waals surface area (Å²) < 4.78 is 35.8. The van der Waals surface area contributed by atoms with E-state index in [1.165, 1.54) is 0 Å². The van der Waals surface area contributed by atoms with Gasteiger partial charge in [0.25, 0.3) is 11.6 Å². The van der Waals surface area contributed by atoms with E-state index < -0.39 is 11.6 Å². The summed E-state index contributed by atoms with van der Waals surface area (Å²) in [6, 6.07) is 16.5. The van der Waals surface area contributed by atoms with Gasteiger partial charge >= 0.3 is 0 Å². The van der Waals surface area contributed by atoms with E-state index in [0.29, 0.717) is 11.5 Å². The third-order valence-electron chi connectivity index (χ3n) is 5.87. The summed E-state index contributed by atoms with van der Waals surface area (Å²) in [5, 5.41) is 6.22. The molecule has 0 radical (unpaired) electrons. The highest BCUT2D eigenvalue weighted by Crippen LogP contribution is 2.54. The fourth-order valence-electron chi connectivity index (χ4n) is 4.84. The van der Waals surface area contributed by atoms with Gasteiger partial charge in [-0.1, -0.05) is 48.5 Å². The maximum absolute atomic E-state index is 5.99. The molecule has 3 aliphatic heterocycles. The van der Waals surface area contributed by atoms with Crippen LogP contribution in [0.1, 0.15) is 0 Å². The Morgan fingerprint density at radius 2 is 0.926 bits per heavy atom. The first-order valence-electron chi connectivity index (χ1n) is 8.86. The molecule has 3 fully saturated rings. The molecular formula is C21H14O6. The lowest BCUT2D eigenvalue weighted by atomic mass is 9.87. The second-order valence-electron chi connectivity index (χ2n) is 6.95. The smallest absolute Gasteiger partial charge is 0.297 e. The average molecular weight is 362 g/mol. The van der Waals surface area contributed by atoms with Crippen molar-refractivity contribution >= 4 is 33.1 Å². The van der Waals surface area contributed by atoms with Gasteiger partial charge < -0.3 is 28.4 Å². The Morgan fingerprint density at radius 1 is 0.519 bits per heavy atom. The van der Waals surface area contributed by atoms with Gasteiger partial charge in [-0.25, -0.2) is 0 Å². The summed E-state index contributed by atoms with van der Waals surface area (Å²) in [4.78, 5) is 0. The number of hydrogen-bond acceptors (Lipinski definition) is 6.